The second-order valence-electron chi connectivity index (χ2n) is 38.0. The van der Waals surface area contributed by atoms with E-state index in [0.29, 0.717) is 0 Å². The number of nitrogens with zero attached hydrogens (tertiary/aromatic N) is 2. The lowest BCUT2D eigenvalue weighted by Gasteiger charge is -2.40. The van der Waals surface area contributed by atoms with E-state index < -0.39 is 42.7 Å². The Labute approximate surface area is 745 Å². The molecule has 0 fully saturated rings. The zero-order valence-corrected chi connectivity index (χ0v) is 82.5. The molecule has 2 rings (SSSR count). The maximum Gasteiger partial charge on any atom is 0.337 e. The number of unbranched alkanes of at least 4 members (excludes halogenated alkanes) is 72. The average molecular weight is 1690 g/mol. The zero-order valence-electron chi connectivity index (χ0n) is 81.7. The molecule has 0 saturated carbocycles. The first kappa shape index (κ1) is 116. The van der Waals surface area contributed by atoms with Crippen molar-refractivity contribution in [2.75, 3.05) is 52.4 Å². The Morgan fingerprint density at radius 2 is 0.303 bits per heavy atom. The summed E-state index contributed by atoms with van der Waals surface area (Å²) in [5.74, 6) is -2.80. The highest BCUT2D eigenvalue weighted by Crippen LogP contribution is 2.29. The first-order chi connectivity index (χ1) is 58.3. The monoisotopic (exact) mass is 1690 g/mol. The number of carbonyl (C=O) groups is 2. The molecule has 700 valence electrons. The number of hydrogen-bond acceptors (Lipinski definition) is 4. The van der Waals surface area contributed by atoms with Gasteiger partial charge in [-0.3, -0.25) is 0 Å². The second-order valence-corrected chi connectivity index (χ2v) is 39.9. The van der Waals surface area contributed by atoms with Gasteiger partial charge in [-0.1, -0.05) is 491 Å². The molecule has 9 heteroatoms. The van der Waals surface area contributed by atoms with Crippen molar-refractivity contribution in [2.45, 2.75) is 579 Å². The summed E-state index contributed by atoms with van der Waals surface area (Å²) in [6.07, 6.45) is 117. The van der Waals surface area contributed by atoms with Crippen LogP contribution in [0.25, 0.3) is 0 Å². The van der Waals surface area contributed by atoms with Gasteiger partial charge in [0, 0.05) is 0 Å². The van der Waals surface area contributed by atoms with Crippen LogP contribution in [0.5, 0.6) is 0 Å². The van der Waals surface area contributed by atoms with Crippen molar-refractivity contribution in [3.05, 3.63) is 59.7 Å². The highest BCUT2D eigenvalue weighted by atomic mass is 32.2. The van der Waals surface area contributed by atoms with Crippen LogP contribution in [-0.2, 0) is 9.84 Å². The molecule has 0 spiro atoms. The number of carboxylic acid groups (broad SMARTS) is 2. The number of hydrogen-bond donors (Lipinski definition) is 2. The van der Waals surface area contributed by atoms with Gasteiger partial charge in [-0.25, -0.2) is 18.0 Å². The number of aromatic carboxylic acids is 2. The van der Waals surface area contributed by atoms with E-state index in [0.717, 1.165) is 24.3 Å². The van der Waals surface area contributed by atoms with Crippen molar-refractivity contribution in [3.63, 3.8) is 0 Å². The molecule has 2 aromatic carbocycles. The molecule has 0 atom stereocenters. The van der Waals surface area contributed by atoms with Crippen LogP contribution < -0.4 is 0 Å². The normalized spacial score (nSPS) is 11.8. The molecule has 0 aliphatic heterocycles. The molecule has 0 aliphatic rings. The topological polar surface area (TPSA) is 109 Å². The molecule has 0 bridgehead atoms. The lowest BCUT2D eigenvalue weighted by atomic mass is 10.0. The lowest BCUT2D eigenvalue weighted by Crippen LogP contribution is -2.50. The van der Waals surface area contributed by atoms with Gasteiger partial charge in [0.2, 0.25) is 9.84 Å². The van der Waals surface area contributed by atoms with E-state index in [2.05, 4.69) is 55.4 Å². The molecule has 2 N–H and O–H groups in total. The number of sulfone groups is 1. The third kappa shape index (κ3) is 72.0. The van der Waals surface area contributed by atoms with Gasteiger partial charge in [-0.05, 0) is 127 Å². The van der Waals surface area contributed by atoms with Gasteiger partial charge in [0.1, 0.15) is 0 Å². The summed E-state index contributed by atoms with van der Waals surface area (Å²) in [6, 6.07) is 10.1. The SMILES string of the molecule is CCCCCCCCCCCC[N+](CCCCCCCCCCCC)(CCCCCCCCCCCC)CCCCCCCCCCCC.CCCCCCCCCCCC[N+](CCCCCCCCCCCC)(CCCCCCCCCCCC)CCCCCCCCCCCC.O=C(O)c1ccccc1S(=O)(=O)c1ccccc1C(=O)O. The van der Waals surface area contributed by atoms with Crippen molar-refractivity contribution in [2.24, 2.45) is 0 Å². The number of benzene rings is 2. The summed E-state index contributed by atoms with van der Waals surface area (Å²) in [6.45, 7) is 30.6. The zero-order chi connectivity index (χ0) is 86.8. The fourth-order valence-electron chi connectivity index (χ4n) is 18.7. The predicted octanol–water partition coefficient (Wildman–Crippen LogP) is 36.9. The van der Waals surface area contributed by atoms with Crippen molar-refractivity contribution < 1.29 is 37.2 Å². The van der Waals surface area contributed by atoms with Crippen molar-refractivity contribution in [1.82, 2.24) is 0 Å². The molecule has 0 radical (unpaired) electrons. The smallest absolute Gasteiger partial charge is 0.337 e. The van der Waals surface area contributed by atoms with Crippen LogP contribution in [0.1, 0.15) is 590 Å². The molecule has 119 heavy (non-hydrogen) atoms. The molecule has 0 aliphatic carbocycles. The first-order valence-corrected chi connectivity index (χ1v) is 55.4. The summed E-state index contributed by atoms with van der Waals surface area (Å²) in [5.41, 5.74) is -0.810. The Kier molecular flexibility index (Phi) is 88.0. The second kappa shape index (κ2) is 90.1. The van der Waals surface area contributed by atoms with Crippen LogP contribution in [0.4, 0.5) is 0 Å². The molecular weight excluding hydrogens is 1480 g/mol. The molecular formula is C110H210N2O6S+2. The Balaban J connectivity index is 0.00000188. The highest BCUT2D eigenvalue weighted by Gasteiger charge is 2.30. The standard InChI is InChI=1S/2C48H100N.C14H10O6S/c2*1-5-9-13-17-21-25-29-33-37-41-45-49(46-42-38-34-30-26-22-18-14-10-6-2,47-43-39-35-31-27-23-19-15-11-7-3)48-44-40-36-32-28-24-20-16-12-8-4;15-13(16)9-5-1-3-7-11(9)21(19,20)12-8-4-2-6-10(12)14(17)18/h2*5-48H2,1-4H3;1-8H,(H,15,16)(H,17,18)/q2*+1;. The fraction of sp³-hybridized carbons (Fsp3) is 0.873. The molecule has 0 saturated heterocycles. The average Bonchev–Trinajstić information content (AvgIpc) is 0.774. The summed E-state index contributed by atoms with van der Waals surface area (Å²) in [4.78, 5) is 21.4. The van der Waals surface area contributed by atoms with E-state index in [1.165, 1.54) is 599 Å². The molecule has 8 nitrogen and oxygen atoms in total. The van der Waals surface area contributed by atoms with Crippen LogP contribution in [0.3, 0.4) is 0 Å². The van der Waals surface area contributed by atoms with E-state index in [1.807, 2.05) is 0 Å². The van der Waals surface area contributed by atoms with Crippen LogP contribution in [0.15, 0.2) is 58.3 Å². The van der Waals surface area contributed by atoms with Gasteiger partial charge >= 0.3 is 11.9 Å². The van der Waals surface area contributed by atoms with Crippen LogP contribution in [0.2, 0.25) is 0 Å². The summed E-state index contributed by atoms with van der Waals surface area (Å²) < 4.78 is 28.1. The van der Waals surface area contributed by atoms with Gasteiger partial charge in [0.05, 0.1) is 73.3 Å². The minimum Gasteiger partial charge on any atom is -0.478 e. The van der Waals surface area contributed by atoms with Crippen molar-refractivity contribution in [3.8, 4) is 0 Å². The van der Waals surface area contributed by atoms with Crippen LogP contribution >= 0.6 is 0 Å². The first-order valence-electron chi connectivity index (χ1n) is 53.9. The Morgan fingerprint density at radius 1 is 0.193 bits per heavy atom. The fourth-order valence-corrected chi connectivity index (χ4v) is 20.3. The maximum atomic E-state index is 12.6. The Hall–Kier alpha value is -2.75. The number of rotatable bonds is 92. The summed E-state index contributed by atoms with van der Waals surface area (Å²) >= 11 is 0. The molecule has 2 aromatic rings. The molecule has 0 aromatic heterocycles. The van der Waals surface area contributed by atoms with E-state index in [9.17, 15) is 18.0 Å². The Bertz CT molecular complexity index is 2150. The van der Waals surface area contributed by atoms with Gasteiger partial charge in [-0.2, -0.15) is 0 Å². The number of carboxylic acids is 2. The minimum atomic E-state index is -4.25. The van der Waals surface area contributed by atoms with E-state index in [-0.39, 0.29) is 0 Å². The third-order valence-corrected chi connectivity index (χ3v) is 28.6. The quantitative estimate of drug-likeness (QED) is 0.0504. The largest absolute Gasteiger partial charge is 0.478 e. The maximum absolute atomic E-state index is 12.6. The van der Waals surface area contributed by atoms with E-state index in [1.54, 1.807) is 0 Å². The van der Waals surface area contributed by atoms with Crippen LogP contribution in [0, 0.1) is 0 Å². The van der Waals surface area contributed by atoms with Crippen molar-refractivity contribution in [1.29, 1.82) is 0 Å². The molecule has 0 heterocycles. The number of quaternary nitrogens is 2. The van der Waals surface area contributed by atoms with Crippen molar-refractivity contribution >= 4 is 21.8 Å². The van der Waals surface area contributed by atoms with Crippen LogP contribution in [-0.4, -0.2) is 91.9 Å². The minimum absolute atomic E-state index is 0.405. The summed E-state index contributed by atoms with van der Waals surface area (Å²) in [7, 11) is -4.25. The van der Waals surface area contributed by atoms with Gasteiger partial charge < -0.3 is 19.2 Å². The summed E-state index contributed by atoms with van der Waals surface area (Å²) in [5, 5.41) is 18.1. The predicted molar refractivity (Wildman–Crippen MR) is 526 cm³/mol. The third-order valence-electron chi connectivity index (χ3n) is 26.7. The van der Waals surface area contributed by atoms with E-state index >= 15 is 0 Å². The van der Waals surface area contributed by atoms with Gasteiger partial charge in [0.25, 0.3) is 0 Å². The van der Waals surface area contributed by atoms with E-state index in [4.69, 9.17) is 10.2 Å². The highest BCUT2D eigenvalue weighted by molar-refractivity contribution is 7.91. The molecule has 0 amide bonds. The lowest BCUT2D eigenvalue weighted by molar-refractivity contribution is -0.929. The molecule has 0 unspecified atom stereocenters. The van der Waals surface area contributed by atoms with Gasteiger partial charge in [-0.15, -0.1) is 0 Å². The Morgan fingerprint density at radius 3 is 0.420 bits per heavy atom. The van der Waals surface area contributed by atoms with Gasteiger partial charge in [0.15, 0.2) is 0 Å².